The highest BCUT2D eigenvalue weighted by Gasteiger charge is 2.40. The van der Waals surface area contributed by atoms with Gasteiger partial charge in [-0.05, 0) is 65.3 Å². The van der Waals surface area contributed by atoms with Gasteiger partial charge < -0.3 is 14.2 Å². The van der Waals surface area contributed by atoms with Crippen LogP contribution in [0.2, 0.25) is 0 Å². The fourth-order valence-corrected chi connectivity index (χ4v) is 5.94. The third-order valence-electron chi connectivity index (χ3n) is 7.62. The molecular weight excluding hydrogens is 426 g/mol. The minimum Gasteiger partial charge on any atom is -0.492 e. The van der Waals surface area contributed by atoms with Crippen LogP contribution in [0.25, 0.3) is 0 Å². The van der Waals surface area contributed by atoms with Crippen molar-refractivity contribution in [2.24, 2.45) is 0 Å². The van der Waals surface area contributed by atoms with Gasteiger partial charge in [-0.3, -0.25) is 4.79 Å². The van der Waals surface area contributed by atoms with Crippen molar-refractivity contribution in [3.05, 3.63) is 93.0 Å². The first-order valence-electron chi connectivity index (χ1n) is 11.7. The van der Waals surface area contributed by atoms with E-state index >= 15 is 0 Å². The van der Waals surface area contributed by atoms with Gasteiger partial charge in [-0.15, -0.1) is 0 Å². The minimum absolute atomic E-state index is 0.00824. The Kier molecular flexibility index (Phi) is 4.84. The molecule has 3 atom stereocenters. The van der Waals surface area contributed by atoms with Crippen LogP contribution in [0.4, 0.5) is 0 Å². The van der Waals surface area contributed by atoms with E-state index in [9.17, 15) is 10.1 Å². The average Bonchev–Trinajstić information content (AvgIpc) is 3.42. The highest BCUT2D eigenvalue weighted by Crippen LogP contribution is 2.52. The molecule has 2 aliphatic carbocycles. The van der Waals surface area contributed by atoms with Crippen molar-refractivity contribution >= 4 is 5.97 Å². The van der Waals surface area contributed by atoms with Gasteiger partial charge in [-0.25, -0.2) is 0 Å². The fraction of sp³-hybridized carbons (Fsp3) is 0.310. The van der Waals surface area contributed by atoms with Crippen LogP contribution >= 0.6 is 0 Å². The lowest BCUT2D eigenvalue weighted by Crippen LogP contribution is -2.14. The molecule has 0 radical (unpaired) electrons. The van der Waals surface area contributed by atoms with E-state index in [4.69, 9.17) is 14.2 Å². The number of carbonyl (C=O) groups excluding carboxylic acids is 1. The molecule has 0 saturated heterocycles. The molecule has 3 aromatic rings. The molecular formula is C29H25NO4. The van der Waals surface area contributed by atoms with Crippen LogP contribution in [0.5, 0.6) is 11.5 Å². The van der Waals surface area contributed by atoms with Gasteiger partial charge in [0.2, 0.25) is 0 Å². The Bertz CT molecular complexity index is 1370. The number of esters is 1. The van der Waals surface area contributed by atoms with Gasteiger partial charge in [-0.1, -0.05) is 30.3 Å². The summed E-state index contributed by atoms with van der Waals surface area (Å²) in [7, 11) is 1.41. The van der Waals surface area contributed by atoms with Crippen molar-refractivity contribution in [2.75, 3.05) is 13.7 Å². The number of benzene rings is 3. The topological polar surface area (TPSA) is 68.6 Å². The van der Waals surface area contributed by atoms with E-state index in [1.807, 2.05) is 24.3 Å². The molecule has 0 bridgehead atoms. The molecule has 5 nitrogen and oxygen atoms in total. The number of rotatable bonds is 4. The number of fused-ring (bicyclic) bond motifs is 3. The first kappa shape index (κ1) is 20.8. The summed E-state index contributed by atoms with van der Waals surface area (Å²) >= 11 is 0. The Balaban J connectivity index is 1.33. The number of carbonyl (C=O) groups is 1. The van der Waals surface area contributed by atoms with Crippen molar-refractivity contribution in [3.8, 4) is 17.6 Å². The molecule has 6 rings (SSSR count). The largest absolute Gasteiger partial charge is 0.492 e. The van der Waals surface area contributed by atoms with Gasteiger partial charge in [-0.2, -0.15) is 5.26 Å². The molecule has 3 aliphatic rings. The maximum absolute atomic E-state index is 11.7. The number of ether oxygens (including phenoxy) is 3. The smallest absolute Gasteiger partial charge is 0.306 e. The van der Waals surface area contributed by atoms with Crippen LogP contribution < -0.4 is 9.47 Å². The van der Waals surface area contributed by atoms with Crippen molar-refractivity contribution in [2.45, 2.75) is 44.1 Å². The van der Waals surface area contributed by atoms with Crippen LogP contribution in [0, 0.1) is 18.3 Å². The SMILES string of the molecule is COC(=O)CC1COc2cc(OC3CC4c5cccc(C)c5Cc5c(C#N)ccc3c54)ccc21. The first-order valence-corrected chi connectivity index (χ1v) is 11.7. The van der Waals surface area contributed by atoms with Gasteiger partial charge in [0.05, 0.1) is 31.8 Å². The van der Waals surface area contributed by atoms with Crippen LogP contribution in [-0.2, 0) is 16.0 Å². The van der Waals surface area contributed by atoms with Crippen LogP contribution in [0.3, 0.4) is 0 Å². The third kappa shape index (κ3) is 3.17. The Morgan fingerprint density at radius 2 is 1.97 bits per heavy atom. The summed E-state index contributed by atoms with van der Waals surface area (Å²) < 4.78 is 17.2. The molecule has 0 aromatic heterocycles. The van der Waals surface area contributed by atoms with E-state index in [2.05, 4.69) is 37.3 Å². The molecule has 0 saturated carbocycles. The molecule has 3 unspecified atom stereocenters. The minimum atomic E-state index is -0.232. The molecule has 0 amide bonds. The summed E-state index contributed by atoms with van der Waals surface area (Å²) in [4.78, 5) is 11.7. The fourth-order valence-electron chi connectivity index (χ4n) is 5.94. The lowest BCUT2D eigenvalue weighted by molar-refractivity contribution is -0.141. The quantitative estimate of drug-likeness (QED) is 0.492. The Morgan fingerprint density at radius 1 is 1.12 bits per heavy atom. The van der Waals surface area contributed by atoms with E-state index in [1.54, 1.807) is 0 Å². The van der Waals surface area contributed by atoms with E-state index < -0.39 is 0 Å². The number of nitriles is 1. The molecule has 5 heteroatoms. The van der Waals surface area contributed by atoms with Crippen LogP contribution in [0.1, 0.15) is 75.3 Å². The summed E-state index contributed by atoms with van der Waals surface area (Å²) in [5.74, 6) is 1.54. The summed E-state index contributed by atoms with van der Waals surface area (Å²) in [5.41, 5.74) is 9.37. The number of nitrogens with zero attached hydrogens (tertiary/aromatic N) is 1. The Hall–Kier alpha value is -3.78. The lowest BCUT2D eigenvalue weighted by Gasteiger charge is -2.27. The maximum atomic E-state index is 11.7. The molecule has 1 heterocycles. The van der Waals surface area contributed by atoms with Crippen molar-refractivity contribution in [1.82, 2.24) is 0 Å². The molecule has 170 valence electrons. The Morgan fingerprint density at radius 3 is 2.79 bits per heavy atom. The second-order valence-corrected chi connectivity index (χ2v) is 9.41. The zero-order valence-corrected chi connectivity index (χ0v) is 19.3. The molecule has 1 aliphatic heterocycles. The molecule has 0 fully saturated rings. The standard InChI is InChI=1S/C29H25NO4/c1-16-4-3-5-21-23(16)12-24-17(14-30)6-8-22-27(13-25(21)29(22)24)34-19-7-9-20-18(10-28(31)32-2)15-33-26(20)11-19/h3-9,11,18,25,27H,10,12-13,15H2,1-2H3. The van der Waals surface area contributed by atoms with Crippen molar-refractivity contribution in [3.63, 3.8) is 0 Å². The van der Waals surface area contributed by atoms with Crippen LogP contribution in [-0.4, -0.2) is 19.7 Å². The first-order chi connectivity index (χ1) is 16.6. The van der Waals surface area contributed by atoms with Gasteiger partial charge >= 0.3 is 5.97 Å². The lowest BCUT2D eigenvalue weighted by atomic mass is 9.76. The number of methoxy groups -OCH3 is 1. The second kappa shape index (κ2) is 7.92. The number of hydrogen-bond acceptors (Lipinski definition) is 5. The third-order valence-corrected chi connectivity index (χ3v) is 7.62. The van der Waals surface area contributed by atoms with Crippen molar-refractivity contribution < 1.29 is 19.0 Å². The van der Waals surface area contributed by atoms with Gasteiger partial charge in [0.1, 0.15) is 17.6 Å². The summed E-state index contributed by atoms with van der Waals surface area (Å²) in [6.07, 6.45) is 1.86. The predicted octanol–water partition coefficient (Wildman–Crippen LogP) is 5.47. The van der Waals surface area contributed by atoms with Gasteiger partial charge in [0.15, 0.2) is 0 Å². The van der Waals surface area contributed by atoms with E-state index in [1.165, 1.54) is 34.9 Å². The summed E-state index contributed by atoms with van der Waals surface area (Å²) in [6.45, 7) is 2.62. The molecule has 34 heavy (non-hydrogen) atoms. The zero-order valence-electron chi connectivity index (χ0n) is 19.3. The number of hydrogen-bond donors (Lipinski definition) is 0. The highest BCUT2D eigenvalue weighted by molar-refractivity contribution is 5.71. The monoisotopic (exact) mass is 451 g/mol. The zero-order chi connectivity index (χ0) is 23.4. The van der Waals surface area contributed by atoms with Crippen molar-refractivity contribution in [1.29, 1.82) is 5.26 Å². The summed E-state index contributed by atoms with van der Waals surface area (Å²) in [5, 5.41) is 9.77. The molecule has 0 spiro atoms. The molecule has 0 N–H and O–H groups in total. The summed E-state index contributed by atoms with van der Waals surface area (Å²) in [6, 6.07) is 18.8. The Labute approximate surface area is 198 Å². The second-order valence-electron chi connectivity index (χ2n) is 9.41. The normalized spacial score (nSPS) is 21.0. The van der Waals surface area contributed by atoms with E-state index in [0.29, 0.717) is 13.0 Å². The average molecular weight is 452 g/mol. The maximum Gasteiger partial charge on any atom is 0.306 e. The van der Waals surface area contributed by atoms with Gasteiger partial charge in [0.25, 0.3) is 0 Å². The molecule has 3 aromatic carbocycles. The van der Waals surface area contributed by atoms with E-state index in [-0.39, 0.29) is 23.9 Å². The predicted molar refractivity (Wildman–Crippen MR) is 126 cm³/mol. The van der Waals surface area contributed by atoms with Crippen LogP contribution in [0.15, 0.2) is 48.5 Å². The number of aryl methyl sites for hydroxylation is 1. The van der Waals surface area contributed by atoms with E-state index in [0.717, 1.165) is 41.0 Å². The van der Waals surface area contributed by atoms with Gasteiger partial charge in [0, 0.05) is 23.5 Å². The highest BCUT2D eigenvalue weighted by atomic mass is 16.5.